The van der Waals surface area contributed by atoms with E-state index in [1.165, 1.54) is 0 Å². The smallest absolute Gasteiger partial charge is 0.165 e. The minimum Gasteiger partial charge on any atom is -0.496 e. The molecule has 0 bridgehead atoms. The van der Waals surface area contributed by atoms with Gasteiger partial charge in [0.2, 0.25) is 0 Å². The molecule has 7 nitrogen and oxygen atoms in total. The van der Waals surface area contributed by atoms with E-state index in [2.05, 4.69) is 16.0 Å². The molecule has 134 valence electrons. The lowest BCUT2D eigenvalue weighted by Gasteiger charge is -2.21. The third-order valence-electron chi connectivity index (χ3n) is 4.27. The predicted octanol–water partition coefficient (Wildman–Crippen LogP) is 3.04. The van der Waals surface area contributed by atoms with E-state index in [1.807, 2.05) is 12.1 Å². The highest BCUT2D eigenvalue weighted by Gasteiger charge is 2.21. The summed E-state index contributed by atoms with van der Waals surface area (Å²) in [6.07, 6.45) is 3.37. The molecule has 27 heavy (non-hydrogen) atoms. The van der Waals surface area contributed by atoms with Crippen molar-refractivity contribution in [1.82, 2.24) is 9.97 Å². The SMILES string of the molecule is COc1cc2c(cc1-c1cc(-c3cccnc3)nc(N)c1C#N)OCCO2. The standard InChI is InChI=1S/C20H16N4O3/c1-25-17-9-19-18(26-5-6-27-19)8-14(17)13-7-16(12-3-2-4-23-11-12)24-20(22)15(13)10-21/h2-4,7-9,11H,5-6H2,1H3,(H2,22,24). The average molecular weight is 360 g/mol. The molecule has 3 heterocycles. The molecule has 0 radical (unpaired) electrons. The molecular formula is C20H16N4O3. The Morgan fingerprint density at radius 1 is 1.15 bits per heavy atom. The van der Waals surface area contributed by atoms with Crippen LogP contribution in [0.5, 0.6) is 17.2 Å². The Bertz CT molecular complexity index is 1050. The third kappa shape index (κ3) is 2.98. The molecule has 1 aromatic carbocycles. The van der Waals surface area contributed by atoms with Crippen molar-refractivity contribution >= 4 is 5.82 Å². The van der Waals surface area contributed by atoms with Gasteiger partial charge in [0.15, 0.2) is 11.5 Å². The van der Waals surface area contributed by atoms with Crippen LogP contribution in [-0.4, -0.2) is 30.3 Å². The lowest BCUT2D eigenvalue weighted by atomic mass is 9.97. The molecule has 1 aliphatic heterocycles. The maximum atomic E-state index is 9.64. The molecule has 0 fully saturated rings. The van der Waals surface area contributed by atoms with Gasteiger partial charge in [-0.05, 0) is 24.3 Å². The second kappa shape index (κ2) is 6.84. The van der Waals surface area contributed by atoms with E-state index in [0.717, 1.165) is 5.56 Å². The normalized spacial score (nSPS) is 12.3. The number of fused-ring (bicyclic) bond motifs is 1. The summed E-state index contributed by atoms with van der Waals surface area (Å²) in [5, 5.41) is 9.64. The summed E-state index contributed by atoms with van der Waals surface area (Å²) in [4.78, 5) is 8.48. The Hall–Kier alpha value is -3.79. The van der Waals surface area contributed by atoms with Crippen molar-refractivity contribution in [3.8, 4) is 45.7 Å². The van der Waals surface area contributed by atoms with Crippen molar-refractivity contribution in [2.45, 2.75) is 0 Å². The van der Waals surface area contributed by atoms with Gasteiger partial charge in [0.05, 0.1) is 12.8 Å². The van der Waals surface area contributed by atoms with Crippen molar-refractivity contribution in [2.24, 2.45) is 0 Å². The van der Waals surface area contributed by atoms with Crippen LogP contribution in [0.25, 0.3) is 22.4 Å². The Morgan fingerprint density at radius 2 is 1.93 bits per heavy atom. The van der Waals surface area contributed by atoms with E-state index in [-0.39, 0.29) is 11.4 Å². The van der Waals surface area contributed by atoms with E-state index < -0.39 is 0 Å². The first-order valence-corrected chi connectivity index (χ1v) is 8.30. The summed E-state index contributed by atoms with van der Waals surface area (Å²) in [7, 11) is 1.56. The number of hydrogen-bond acceptors (Lipinski definition) is 7. The van der Waals surface area contributed by atoms with Crippen LogP contribution < -0.4 is 19.9 Å². The summed E-state index contributed by atoms with van der Waals surface area (Å²) in [6, 6.07) is 11.2. The number of hydrogen-bond donors (Lipinski definition) is 1. The number of nitrogen functional groups attached to an aromatic ring is 1. The van der Waals surface area contributed by atoms with Gasteiger partial charge in [-0.2, -0.15) is 5.26 Å². The summed E-state index contributed by atoms with van der Waals surface area (Å²) in [6.45, 7) is 0.940. The van der Waals surface area contributed by atoms with Crippen molar-refractivity contribution in [1.29, 1.82) is 5.26 Å². The van der Waals surface area contributed by atoms with Crippen molar-refractivity contribution in [3.05, 3.63) is 48.3 Å². The Morgan fingerprint density at radius 3 is 2.59 bits per heavy atom. The first kappa shape index (κ1) is 16.7. The van der Waals surface area contributed by atoms with Crippen LogP contribution in [0, 0.1) is 11.3 Å². The first-order chi connectivity index (χ1) is 13.2. The van der Waals surface area contributed by atoms with Gasteiger partial charge in [0.1, 0.15) is 36.4 Å². The second-order valence-corrected chi connectivity index (χ2v) is 5.86. The lowest BCUT2D eigenvalue weighted by Crippen LogP contribution is -2.15. The van der Waals surface area contributed by atoms with Crippen LogP contribution in [0.2, 0.25) is 0 Å². The number of ether oxygens (including phenoxy) is 3. The van der Waals surface area contributed by atoms with Gasteiger partial charge in [-0.15, -0.1) is 0 Å². The van der Waals surface area contributed by atoms with Gasteiger partial charge in [-0.1, -0.05) is 0 Å². The highest BCUT2D eigenvalue weighted by atomic mass is 16.6. The predicted molar refractivity (Wildman–Crippen MR) is 99.6 cm³/mol. The van der Waals surface area contributed by atoms with Crippen LogP contribution in [0.1, 0.15) is 5.56 Å². The molecule has 2 N–H and O–H groups in total. The molecule has 0 aliphatic carbocycles. The Balaban J connectivity index is 1.96. The molecule has 4 rings (SSSR count). The van der Waals surface area contributed by atoms with Gasteiger partial charge in [-0.25, -0.2) is 4.98 Å². The van der Waals surface area contributed by atoms with Gasteiger partial charge >= 0.3 is 0 Å². The summed E-state index contributed by atoms with van der Waals surface area (Å²) >= 11 is 0. The molecule has 0 saturated carbocycles. The van der Waals surface area contributed by atoms with Gasteiger partial charge < -0.3 is 19.9 Å². The van der Waals surface area contributed by atoms with E-state index in [1.54, 1.807) is 37.7 Å². The number of nitriles is 1. The molecule has 0 saturated heterocycles. The lowest BCUT2D eigenvalue weighted by molar-refractivity contribution is 0.171. The van der Waals surface area contributed by atoms with Gasteiger partial charge in [0, 0.05) is 35.2 Å². The van der Waals surface area contributed by atoms with Crippen molar-refractivity contribution < 1.29 is 14.2 Å². The van der Waals surface area contributed by atoms with E-state index in [9.17, 15) is 5.26 Å². The first-order valence-electron chi connectivity index (χ1n) is 8.30. The average Bonchev–Trinajstić information content (AvgIpc) is 2.72. The summed E-state index contributed by atoms with van der Waals surface area (Å²) in [5.74, 6) is 1.90. The highest BCUT2D eigenvalue weighted by Crippen LogP contribution is 2.43. The summed E-state index contributed by atoms with van der Waals surface area (Å²) < 4.78 is 16.8. The zero-order chi connectivity index (χ0) is 18.8. The largest absolute Gasteiger partial charge is 0.496 e. The zero-order valence-corrected chi connectivity index (χ0v) is 14.6. The number of anilines is 1. The van der Waals surface area contributed by atoms with Gasteiger partial charge in [-0.3, -0.25) is 4.98 Å². The van der Waals surface area contributed by atoms with Crippen LogP contribution in [0.3, 0.4) is 0 Å². The van der Waals surface area contributed by atoms with Crippen molar-refractivity contribution in [2.75, 3.05) is 26.1 Å². The Labute approximate surface area is 156 Å². The van der Waals surface area contributed by atoms with E-state index >= 15 is 0 Å². The number of aromatic nitrogens is 2. The number of rotatable bonds is 3. The van der Waals surface area contributed by atoms with Gasteiger partial charge in [0.25, 0.3) is 0 Å². The van der Waals surface area contributed by atoms with Crippen LogP contribution >= 0.6 is 0 Å². The molecule has 0 atom stereocenters. The van der Waals surface area contributed by atoms with Crippen molar-refractivity contribution in [3.63, 3.8) is 0 Å². The van der Waals surface area contributed by atoms with E-state index in [0.29, 0.717) is 47.3 Å². The fourth-order valence-corrected chi connectivity index (χ4v) is 3.01. The maximum absolute atomic E-state index is 9.64. The molecular weight excluding hydrogens is 344 g/mol. The van der Waals surface area contributed by atoms with Crippen LogP contribution in [-0.2, 0) is 0 Å². The minimum atomic E-state index is 0.144. The zero-order valence-electron chi connectivity index (χ0n) is 14.6. The number of nitrogens with two attached hydrogens (primary N) is 1. The quantitative estimate of drug-likeness (QED) is 0.765. The van der Waals surface area contributed by atoms with Crippen LogP contribution in [0.15, 0.2) is 42.7 Å². The maximum Gasteiger partial charge on any atom is 0.165 e. The highest BCUT2D eigenvalue weighted by molar-refractivity contribution is 5.84. The van der Waals surface area contributed by atoms with Crippen LogP contribution in [0.4, 0.5) is 5.82 Å². The molecule has 1 aliphatic rings. The minimum absolute atomic E-state index is 0.144. The number of benzene rings is 1. The number of pyridine rings is 2. The second-order valence-electron chi connectivity index (χ2n) is 5.86. The molecule has 3 aromatic rings. The molecule has 0 spiro atoms. The molecule has 7 heteroatoms. The topological polar surface area (TPSA) is 103 Å². The number of methoxy groups -OCH3 is 1. The molecule has 0 amide bonds. The third-order valence-corrected chi connectivity index (χ3v) is 4.27. The monoisotopic (exact) mass is 360 g/mol. The van der Waals surface area contributed by atoms with E-state index in [4.69, 9.17) is 19.9 Å². The molecule has 2 aromatic heterocycles. The summed E-state index contributed by atoms with van der Waals surface area (Å²) in [5.41, 5.74) is 9.06. The molecule has 0 unspecified atom stereocenters. The fourth-order valence-electron chi connectivity index (χ4n) is 3.01. The fraction of sp³-hybridized carbons (Fsp3) is 0.150. The Kier molecular flexibility index (Phi) is 4.22. The number of nitrogens with zero attached hydrogens (tertiary/aromatic N) is 3.